The van der Waals surface area contributed by atoms with Crippen molar-refractivity contribution in [3.8, 4) is 0 Å². The molecule has 288 valence electrons. The smallest absolute Gasteiger partial charge is 0.0546 e. The Balaban J connectivity index is 1.21. The molecule has 58 heavy (non-hydrogen) atoms. The normalized spacial score (nSPS) is 14.9. The van der Waals surface area contributed by atoms with Crippen molar-refractivity contribution in [3.63, 3.8) is 0 Å². The molecule has 0 spiro atoms. The van der Waals surface area contributed by atoms with E-state index in [-0.39, 0.29) is 0 Å². The largest absolute Gasteiger partial charge is 0.310 e. The van der Waals surface area contributed by atoms with Crippen molar-refractivity contribution in [1.29, 1.82) is 0 Å². The summed E-state index contributed by atoms with van der Waals surface area (Å²) in [5.41, 5.74) is 15.2. The monoisotopic (exact) mass is 754 g/mol. The van der Waals surface area contributed by atoms with Gasteiger partial charge in [0.2, 0.25) is 0 Å². The molecule has 0 saturated heterocycles. The molecule has 0 unspecified atom stereocenters. The van der Waals surface area contributed by atoms with E-state index in [2.05, 4.69) is 183 Å². The van der Waals surface area contributed by atoms with Gasteiger partial charge in [0.15, 0.2) is 0 Å². The minimum atomic E-state index is 0.680. The minimum Gasteiger partial charge on any atom is -0.310 e. The SMILES string of the molecule is Cc1cc(C)cc(N(c2ccc(C3CCCC3)cc2)c2cc3c4ccccc4c(N(c4ccc(C5CCCC5)cc4)c4cc(C)cc(C)c4)cc3c3ccccc23)c1. The number of aryl methyl sites for hydroxylation is 4. The second-order valence-corrected chi connectivity index (χ2v) is 17.5. The van der Waals surface area contributed by atoms with Crippen LogP contribution in [0.2, 0.25) is 0 Å². The summed E-state index contributed by atoms with van der Waals surface area (Å²) in [4.78, 5) is 5.02. The Morgan fingerprint density at radius 1 is 0.328 bits per heavy atom. The molecular weight excluding hydrogens is 701 g/mol. The van der Waals surface area contributed by atoms with Gasteiger partial charge in [-0.15, -0.1) is 0 Å². The molecule has 2 fully saturated rings. The number of hydrogen-bond acceptors (Lipinski definition) is 2. The van der Waals surface area contributed by atoms with Gasteiger partial charge in [-0.25, -0.2) is 0 Å². The maximum absolute atomic E-state index is 2.51. The first kappa shape index (κ1) is 36.5. The van der Waals surface area contributed by atoms with Gasteiger partial charge in [0, 0.05) is 33.5 Å². The zero-order chi connectivity index (χ0) is 39.3. The van der Waals surface area contributed by atoms with Gasteiger partial charge in [-0.2, -0.15) is 0 Å². The number of anilines is 6. The number of hydrogen-bond donors (Lipinski definition) is 0. The average molecular weight is 755 g/mol. The Morgan fingerprint density at radius 2 is 0.655 bits per heavy atom. The molecule has 2 heteroatoms. The summed E-state index contributed by atoms with van der Waals surface area (Å²) >= 11 is 0. The topological polar surface area (TPSA) is 6.48 Å². The average Bonchev–Trinajstić information content (AvgIpc) is 3.98. The highest BCUT2D eigenvalue weighted by atomic mass is 15.2. The molecule has 8 aromatic rings. The Labute approximate surface area is 344 Å². The zero-order valence-corrected chi connectivity index (χ0v) is 34.6. The van der Waals surface area contributed by atoms with E-state index in [1.165, 1.54) is 151 Å². The number of fused-ring (bicyclic) bond motifs is 5. The van der Waals surface area contributed by atoms with E-state index in [1.54, 1.807) is 0 Å². The highest BCUT2D eigenvalue weighted by Crippen LogP contribution is 2.48. The van der Waals surface area contributed by atoms with Gasteiger partial charge >= 0.3 is 0 Å². The molecule has 0 aliphatic heterocycles. The molecule has 0 bridgehead atoms. The van der Waals surface area contributed by atoms with Crippen molar-refractivity contribution in [2.45, 2.75) is 90.9 Å². The standard InChI is InChI=1S/C56H54N2/c1-37-29-38(2)32-47(31-37)57(45-25-21-43(22-26-45)41-13-5-6-14-41)55-35-53-50-18-10-12-20-52(50)56(36-54(53)49-17-9-11-19-51(49)55)58(48-33-39(3)30-40(4)34-48)46-27-23-44(24-28-46)42-15-7-8-16-42/h9-12,17-36,41-42H,5-8,13-16H2,1-4H3. The summed E-state index contributed by atoms with van der Waals surface area (Å²) < 4.78 is 0. The quantitative estimate of drug-likeness (QED) is 0.143. The predicted molar refractivity (Wildman–Crippen MR) is 250 cm³/mol. The Kier molecular flexibility index (Phi) is 9.52. The molecular formula is C56H54N2. The fourth-order valence-corrected chi connectivity index (χ4v) is 10.6. The maximum atomic E-state index is 2.51. The molecule has 2 aliphatic rings. The van der Waals surface area contributed by atoms with Gasteiger partial charge in [0.25, 0.3) is 0 Å². The molecule has 10 rings (SSSR count). The lowest BCUT2D eigenvalue weighted by Gasteiger charge is -2.30. The van der Waals surface area contributed by atoms with Crippen LogP contribution in [-0.2, 0) is 0 Å². The van der Waals surface area contributed by atoms with Crippen molar-refractivity contribution in [1.82, 2.24) is 0 Å². The summed E-state index contributed by atoms with van der Waals surface area (Å²) in [5, 5.41) is 7.54. The van der Waals surface area contributed by atoms with E-state index in [4.69, 9.17) is 0 Å². The molecule has 0 N–H and O–H groups in total. The molecule has 0 aromatic heterocycles. The third kappa shape index (κ3) is 6.73. The first-order chi connectivity index (χ1) is 28.4. The summed E-state index contributed by atoms with van der Waals surface area (Å²) in [6.07, 6.45) is 10.6. The third-order valence-corrected chi connectivity index (χ3v) is 13.2. The van der Waals surface area contributed by atoms with Crippen LogP contribution in [0.4, 0.5) is 34.1 Å². The van der Waals surface area contributed by atoms with Crippen molar-refractivity contribution in [3.05, 3.63) is 179 Å². The van der Waals surface area contributed by atoms with Crippen LogP contribution in [0.3, 0.4) is 0 Å². The van der Waals surface area contributed by atoms with E-state index in [0.717, 1.165) is 0 Å². The van der Waals surface area contributed by atoms with Crippen LogP contribution in [0.15, 0.2) is 146 Å². The number of benzene rings is 8. The second-order valence-electron chi connectivity index (χ2n) is 17.5. The van der Waals surface area contributed by atoms with E-state index >= 15 is 0 Å². The lowest BCUT2D eigenvalue weighted by atomic mass is 9.92. The summed E-state index contributed by atoms with van der Waals surface area (Å²) in [6, 6.07) is 56.1. The van der Waals surface area contributed by atoms with Gasteiger partial charge in [0.1, 0.15) is 0 Å². The van der Waals surface area contributed by atoms with Crippen molar-refractivity contribution in [2.24, 2.45) is 0 Å². The minimum absolute atomic E-state index is 0.680. The molecule has 8 aromatic carbocycles. The van der Waals surface area contributed by atoms with Crippen LogP contribution in [0.25, 0.3) is 32.3 Å². The Morgan fingerprint density at radius 3 is 1.00 bits per heavy atom. The summed E-state index contributed by atoms with van der Waals surface area (Å²) in [7, 11) is 0. The van der Waals surface area contributed by atoms with Gasteiger partial charge in [0.05, 0.1) is 11.4 Å². The van der Waals surface area contributed by atoms with Crippen LogP contribution in [0.5, 0.6) is 0 Å². The van der Waals surface area contributed by atoms with E-state index in [0.29, 0.717) is 11.8 Å². The summed E-state index contributed by atoms with van der Waals surface area (Å²) in [5.74, 6) is 1.36. The van der Waals surface area contributed by atoms with Crippen LogP contribution >= 0.6 is 0 Å². The fourth-order valence-electron chi connectivity index (χ4n) is 10.6. The fraction of sp³-hybridized carbons (Fsp3) is 0.250. The second kappa shape index (κ2) is 15.1. The van der Waals surface area contributed by atoms with Gasteiger partial charge < -0.3 is 9.80 Å². The van der Waals surface area contributed by atoms with Gasteiger partial charge in [-0.3, -0.25) is 0 Å². The predicted octanol–water partition coefficient (Wildman–Crippen LogP) is 16.6. The third-order valence-electron chi connectivity index (χ3n) is 13.2. The van der Waals surface area contributed by atoms with Crippen LogP contribution in [0.1, 0.15) is 96.6 Å². The van der Waals surface area contributed by atoms with E-state index in [1.807, 2.05) is 0 Å². The van der Waals surface area contributed by atoms with Crippen LogP contribution in [-0.4, -0.2) is 0 Å². The van der Waals surface area contributed by atoms with Gasteiger partial charge in [-0.05, 0) is 181 Å². The Hall–Kier alpha value is -5.86. The first-order valence-corrected chi connectivity index (χ1v) is 21.7. The maximum Gasteiger partial charge on any atom is 0.0546 e. The molecule has 0 amide bonds. The lowest BCUT2D eigenvalue weighted by molar-refractivity contribution is 0.723. The molecule has 0 heterocycles. The molecule has 2 saturated carbocycles. The molecule has 0 atom stereocenters. The Bertz CT molecular complexity index is 2550. The van der Waals surface area contributed by atoms with Crippen molar-refractivity contribution < 1.29 is 0 Å². The highest BCUT2D eigenvalue weighted by molar-refractivity contribution is 6.24. The first-order valence-electron chi connectivity index (χ1n) is 21.7. The number of nitrogens with zero attached hydrogens (tertiary/aromatic N) is 2. The van der Waals surface area contributed by atoms with Gasteiger partial charge in [-0.1, -0.05) is 111 Å². The van der Waals surface area contributed by atoms with Crippen LogP contribution in [0, 0.1) is 27.7 Å². The van der Waals surface area contributed by atoms with Crippen molar-refractivity contribution in [2.75, 3.05) is 9.80 Å². The lowest BCUT2D eigenvalue weighted by Crippen LogP contribution is -2.12. The number of rotatable bonds is 8. The van der Waals surface area contributed by atoms with E-state index < -0.39 is 0 Å². The van der Waals surface area contributed by atoms with Crippen molar-refractivity contribution >= 4 is 66.4 Å². The zero-order valence-electron chi connectivity index (χ0n) is 34.6. The van der Waals surface area contributed by atoms with E-state index in [9.17, 15) is 0 Å². The van der Waals surface area contributed by atoms with Crippen LogP contribution < -0.4 is 9.80 Å². The highest BCUT2D eigenvalue weighted by Gasteiger charge is 2.24. The molecule has 2 aliphatic carbocycles. The molecule has 0 radical (unpaired) electrons. The molecule has 2 nitrogen and oxygen atoms in total. The summed E-state index contributed by atoms with van der Waals surface area (Å²) in [6.45, 7) is 8.87.